The van der Waals surface area contributed by atoms with Crippen LogP contribution >= 0.6 is 11.6 Å². The molecule has 0 radical (unpaired) electrons. The zero-order valence-electron chi connectivity index (χ0n) is 17.7. The van der Waals surface area contributed by atoms with Crippen LogP contribution in [0.4, 0.5) is 11.4 Å². The molecule has 1 aliphatic rings. The molecule has 7 heteroatoms. The third-order valence-electron chi connectivity index (χ3n) is 5.11. The van der Waals surface area contributed by atoms with E-state index in [0.29, 0.717) is 34.4 Å². The van der Waals surface area contributed by atoms with Gasteiger partial charge in [-0.3, -0.25) is 9.59 Å². The van der Waals surface area contributed by atoms with E-state index >= 15 is 0 Å². The van der Waals surface area contributed by atoms with E-state index in [1.807, 2.05) is 29.2 Å². The Kier molecular flexibility index (Phi) is 7.21. The standard InChI is InChI=1S/C23H28ClN3O3/c1-16(2)14-22(28)27-12-10-26(11-13-27)19-7-5-18(6-8-19)25-23(29)20-15-17(24)4-9-21(20)30-3/h4-9,15-16H,10-14H2,1-3H3,(H,25,29). The van der Waals surface area contributed by atoms with E-state index in [0.717, 1.165) is 31.9 Å². The number of hydrogen-bond donors (Lipinski definition) is 1. The number of halogens is 1. The first-order valence-electron chi connectivity index (χ1n) is 10.1. The number of hydrogen-bond acceptors (Lipinski definition) is 4. The summed E-state index contributed by atoms with van der Waals surface area (Å²) in [6.07, 6.45) is 0.603. The summed E-state index contributed by atoms with van der Waals surface area (Å²) in [7, 11) is 1.52. The van der Waals surface area contributed by atoms with E-state index in [-0.39, 0.29) is 11.8 Å². The van der Waals surface area contributed by atoms with Crippen molar-refractivity contribution in [2.24, 2.45) is 5.92 Å². The monoisotopic (exact) mass is 429 g/mol. The van der Waals surface area contributed by atoms with Crippen molar-refractivity contribution in [1.82, 2.24) is 4.90 Å². The number of ether oxygens (including phenoxy) is 1. The van der Waals surface area contributed by atoms with Crippen LogP contribution in [0.1, 0.15) is 30.6 Å². The molecule has 0 saturated carbocycles. The molecule has 2 amide bonds. The van der Waals surface area contributed by atoms with Crippen LogP contribution in [0, 0.1) is 5.92 Å². The molecule has 0 spiro atoms. The number of nitrogens with zero attached hydrogens (tertiary/aromatic N) is 2. The summed E-state index contributed by atoms with van der Waals surface area (Å²) >= 11 is 6.02. The number of rotatable bonds is 6. The highest BCUT2D eigenvalue weighted by molar-refractivity contribution is 6.31. The fourth-order valence-corrected chi connectivity index (χ4v) is 3.68. The predicted octanol–water partition coefficient (Wildman–Crippen LogP) is 4.30. The molecule has 1 heterocycles. The SMILES string of the molecule is COc1ccc(Cl)cc1C(=O)Nc1ccc(N2CCN(C(=O)CC(C)C)CC2)cc1. The number of piperazine rings is 1. The van der Waals surface area contributed by atoms with Gasteiger partial charge in [0, 0.05) is 49.0 Å². The first-order chi connectivity index (χ1) is 14.4. The minimum absolute atomic E-state index is 0.235. The number of carbonyl (C=O) groups is 2. The van der Waals surface area contributed by atoms with Crippen molar-refractivity contribution < 1.29 is 14.3 Å². The van der Waals surface area contributed by atoms with Crippen LogP contribution in [0.3, 0.4) is 0 Å². The Balaban J connectivity index is 1.59. The Morgan fingerprint density at radius 1 is 1.07 bits per heavy atom. The zero-order valence-corrected chi connectivity index (χ0v) is 18.4. The van der Waals surface area contributed by atoms with Crippen LogP contribution in [0.2, 0.25) is 5.02 Å². The summed E-state index contributed by atoms with van der Waals surface area (Å²) in [5.74, 6) is 0.808. The van der Waals surface area contributed by atoms with Crippen molar-refractivity contribution >= 4 is 34.8 Å². The highest BCUT2D eigenvalue weighted by Crippen LogP contribution is 2.25. The molecule has 6 nitrogen and oxygen atoms in total. The van der Waals surface area contributed by atoms with Gasteiger partial charge in [-0.25, -0.2) is 0 Å². The summed E-state index contributed by atoms with van der Waals surface area (Å²) < 4.78 is 5.25. The molecule has 0 bridgehead atoms. The third kappa shape index (κ3) is 5.45. The topological polar surface area (TPSA) is 61.9 Å². The van der Waals surface area contributed by atoms with Gasteiger partial charge in [-0.1, -0.05) is 25.4 Å². The average Bonchev–Trinajstić information content (AvgIpc) is 2.74. The van der Waals surface area contributed by atoms with Crippen molar-refractivity contribution in [1.29, 1.82) is 0 Å². The lowest BCUT2D eigenvalue weighted by Gasteiger charge is -2.36. The molecule has 0 unspecified atom stereocenters. The van der Waals surface area contributed by atoms with E-state index < -0.39 is 0 Å². The molecule has 2 aromatic carbocycles. The first-order valence-corrected chi connectivity index (χ1v) is 10.5. The van der Waals surface area contributed by atoms with Gasteiger partial charge in [0.15, 0.2) is 0 Å². The predicted molar refractivity (Wildman–Crippen MR) is 121 cm³/mol. The Morgan fingerprint density at radius 3 is 2.33 bits per heavy atom. The molecule has 30 heavy (non-hydrogen) atoms. The fourth-order valence-electron chi connectivity index (χ4n) is 3.50. The maximum Gasteiger partial charge on any atom is 0.259 e. The van der Waals surface area contributed by atoms with Crippen LogP contribution in [0.25, 0.3) is 0 Å². The summed E-state index contributed by atoms with van der Waals surface area (Å²) in [6, 6.07) is 12.7. The molecular weight excluding hydrogens is 402 g/mol. The minimum atomic E-state index is -0.278. The van der Waals surface area contributed by atoms with Gasteiger partial charge in [0.1, 0.15) is 5.75 Å². The number of nitrogens with one attached hydrogen (secondary N) is 1. The average molecular weight is 430 g/mol. The number of benzene rings is 2. The second-order valence-electron chi connectivity index (χ2n) is 7.81. The molecule has 0 aliphatic carbocycles. The van der Waals surface area contributed by atoms with Gasteiger partial charge < -0.3 is 19.9 Å². The quantitative estimate of drug-likeness (QED) is 0.743. The van der Waals surface area contributed by atoms with E-state index in [2.05, 4.69) is 24.1 Å². The van der Waals surface area contributed by atoms with E-state index in [9.17, 15) is 9.59 Å². The third-order valence-corrected chi connectivity index (χ3v) is 5.35. The van der Waals surface area contributed by atoms with Crippen LogP contribution in [-0.2, 0) is 4.79 Å². The fraction of sp³-hybridized carbons (Fsp3) is 0.391. The summed E-state index contributed by atoms with van der Waals surface area (Å²) in [5.41, 5.74) is 2.15. The highest BCUT2D eigenvalue weighted by atomic mass is 35.5. The van der Waals surface area contributed by atoms with Gasteiger partial charge >= 0.3 is 0 Å². The molecule has 160 valence electrons. The van der Waals surface area contributed by atoms with Crippen molar-refractivity contribution in [3.05, 3.63) is 53.1 Å². The Bertz CT molecular complexity index is 891. The molecule has 1 aliphatic heterocycles. The molecular formula is C23H28ClN3O3. The maximum absolute atomic E-state index is 12.6. The number of methoxy groups -OCH3 is 1. The number of carbonyl (C=O) groups excluding carboxylic acids is 2. The molecule has 1 saturated heterocycles. The second-order valence-corrected chi connectivity index (χ2v) is 8.25. The minimum Gasteiger partial charge on any atom is -0.496 e. The second kappa shape index (κ2) is 9.85. The molecule has 3 rings (SSSR count). The van der Waals surface area contributed by atoms with Gasteiger partial charge in [-0.05, 0) is 48.4 Å². The van der Waals surface area contributed by atoms with Gasteiger partial charge in [-0.15, -0.1) is 0 Å². The van der Waals surface area contributed by atoms with Gasteiger partial charge in [0.2, 0.25) is 5.91 Å². The van der Waals surface area contributed by atoms with Crippen LogP contribution < -0.4 is 15.0 Å². The zero-order chi connectivity index (χ0) is 21.7. The number of amides is 2. The van der Waals surface area contributed by atoms with Gasteiger partial charge in [0.05, 0.1) is 12.7 Å². The largest absolute Gasteiger partial charge is 0.496 e. The number of anilines is 2. The summed E-state index contributed by atoms with van der Waals surface area (Å²) in [5, 5.41) is 3.36. The van der Waals surface area contributed by atoms with Crippen molar-refractivity contribution in [2.75, 3.05) is 43.5 Å². The van der Waals surface area contributed by atoms with Crippen LogP contribution in [0.15, 0.2) is 42.5 Å². The smallest absolute Gasteiger partial charge is 0.259 e. The van der Waals surface area contributed by atoms with Crippen molar-refractivity contribution in [3.8, 4) is 5.75 Å². The molecule has 2 aromatic rings. The molecule has 0 atom stereocenters. The first kappa shape index (κ1) is 22.0. The van der Waals surface area contributed by atoms with E-state index in [4.69, 9.17) is 16.3 Å². The van der Waals surface area contributed by atoms with Crippen molar-refractivity contribution in [3.63, 3.8) is 0 Å². The lowest BCUT2D eigenvalue weighted by molar-refractivity contribution is -0.132. The van der Waals surface area contributed by atoms with Crippen LogP contribution in [-0.4, -0.2) is 50.0 Å². The van der Waals surface area contributed by atoms with Gasteiger partial charge in [0.25, 0.3) is 5.91 Å². The van der Waals surface area contributed by atoms with Crippen molar-refractivity contribution in [2.45, 2.75) is 20.3 Å². The Labute approximate surface area is 182 Å². The normalized spacial score (nSPS) is 14.0. The molecule has 0 aromatic heterocycles. The summed E-state index contributed by atoms with van der Waals surface area (Å²) in [6.45, 7) is 7.20. The van der Waals surface area contributed by atoms with Crippen LogP contribution in [0.5, 0.6) is 5.75 Å². The molecule has 1 N–H and O–H groups in total. The van der Waals surface area contributed by atoms with E-state index in [1.54, 1.807) is 18.2 Å². The highest BCUT2D eigenvalue weighted by Gasteiger charge is 2.22. The van der Waals surface area contributed by atoms with E-state index in [1.165, 1.54) is 7.11 Å². The lowest BCUT2D eigenvalue weighted by Crippen LogP contribution is -2.49. The Hall–Kier alpha value is -2.73. The maximum atomic E-state index is 12.6. The van der Waals surface area contributed by atoms with Gasteiger partial charge in [-0.2, -0.15) is 0 Å². The lowest BCUT2D eigenvalue weighted by atomic mass is 10.1. The summed E-state index contributed by atoms with van der Waals surface area (Å²) in [4.78, 5) is 29.0. The molecule has 1 fully saturated rings. The Morgan fingerprint density at radius 2 is 1.73 bits per heavy atom.